The monoisotopic (exact) mass is 294 g/mol. The van der Waals surface area contributed by atoms with E-state index in [0.29, 0.717) is 18.7 Å². The number of likely N-dealkylation sites (N-methyl/N-ethyl adjacent to an activating group) is 1. The van der Waals surface area contributed by atoms with E-state index in [1.54, 1.807) is 6.07 Å². The Balaban J connectivity index is 2.12. The first-order valence-corrected chi connectivity index (χ1v) is 7.44. The molecule has 1 fully saturated rings. The molecule has 0 radical (unpaired) electrons. The van der Waals surface area contributed by atoms with E-state index in [1.807, 2.05) is 13.8 Å². The normalized spacial score (nSPS) is 25.6. The van der Waals surface area contributed by atoms with E-state index in [9.17, 15) is 9.18 Å². The fourth-order valence-electron chi connectivity index (χ4n) is 3.06. The van der Waals surface area contributed by atoms with Gasteiger partial charge in [-0.25, -0.2) is 4.39 Å². The van der Waals surface area contributed by atoms with Gasteiger partial charge in [0, 0.05) is 6.42 Å². The van der Waals surface area contributed by atoms with E-state index < -0.39 is 5.54 Å². The van der Waals surface area contributed by atoms with Crippen molar-refractivity contribution in [2.24, 2.45) is 5.73 Å². The van der Waals surface area contributed by atoms with Crippen LogP contribution in [0.3, 0.4) is 0 Å². The van der Waals surface area contributed by atoms with Crippen LogP contribution in [0.1, 0.15) is 38.2 Å². The summed E-state index contributed by atoms with van der Waals surface area (Å²) in [6.45, 7) is 4.46. The summed E-state index contributed by atoms with van der Waals surface area (Å²) in [5.41, 5.74) is 5.66. The van der Waals surface area contributed by atoms with E-state index in [4.69, 9.17) is 10.5 Å². The maximum atomic E-state index is 13.1. The predicted molar refractivity (Wildman–Crippen MR) is 79.6 cm³/mol. The van der Waals surface area contributed by atoms with Gasteiger partial charge < -0.3 is 15.8 Å². The first kappa shape index (κ1) is 15.8. The summed E-state index contributed by atoms with van der Waals surface area (Å²) < 4.78 is 19.1. The minimum Gasteiger partial charge on any atom is -0.490 e. The Morgan fingerprint density at radius 1 is 1.57 bits per heavy atom. The van der Waals surface area contributed by atoms with Crippen molar-refractivity contribution in [3.05, 3.63) is 29.6 Å². The van der Waals surface area contributed by atoms with Crippen molar-refractivity contribution in [3.63, 3.8) is 0 Å². The highest BCUT2D eigenvalue weighted by Gasteiger charge is 2.41. The number of ether oxygens (including phenoxy) is 1. The third-order valence-corrected chi connectivity index (χ3v) is 4.12. The third kappa shape index (κ3) is 3.53. The van der Waals surface area contributed by atoms with Crippen molar-refractivity contribution in [2.45, 2.75) is 51.2 Å². The topological polar surface area (TPSA) is 64.3 Å². The number of benzene rings is 1. The van der Waals surface area contributed by atoms with Crippen molar-refractivity contribution < 1.29 is 13.9 Å². The molecule has 2 atom stereocenters. The molecule has 0 aromatic heterocycles. The smallest absolute Gasteiger partial charge is 0.237 e. The summed E-state index contributed by atoms with van der Waals surface area (Å²) >= 11 is 0. The zero-order chi connectivity index (χ0) is 15.5. The van der Waals surface area contributed by atoms with E-state index in [0.717, 1.165) is 24.8 Å². The first-order chi connectivity index (χ1) is 9.97. The summed E-state index contributed by atoms with van der Waals surface area (Å²) in [6.07, 6.45) is 2.94. The Hall–Kier alpha value is -1.62. The second-order valence-electron chi connectivity index (χ2n) is 5.72. The Kier molecular flexibility index (Phi) is 4.83. The lowest BCUT2D eigenvalue weighted by Crippen LogP contribution is -2.59. The molecule has 2 rings (SSSR count). The van der Waals surface area contributed by atoms with Crippen LogP contribution < -0.4 is 15.8 Å². The summed E-state index contributed by atoms with van der Waals surface area (Å²) in [6, 6.07) is 4.47. The lowest BCUT2D eigenvalue weighted by Gasteiger charge is -2.39. The maximum Gasteiger partial charge on any atom is 0.237 e. The van der Waals surface area contributed by atoms with Gasteiger partial charge in [-0.1, -0.05) is 6.92 Å². The van der Waals surface area contributed by atoms with Gasteiger partial charge in [-0.05, 0) is 56.5 Å². The number of nitrogens with one attached hydrogen (secondary N) is 1. The number of carbonyl (C=O) groups is 1. The summed E-state index contributed by atoms with van der Waals surface area (Å²) in [4.78, 5) is 11.8. The Labute approximate surface area is 124 Å². The van der Waals surface area contributed by atoms with Gasteiger partial charge in [-0.3, -0.25) is 4.79 Å². The van der Waals surface area contributed by atoms with Gasteiger partial charge in [0.1, 0.15) is 23.2 Å². The molecule has 0 aliphatic heterocycles. The molecule has 1 aromatic carbocycles. The van der Waals surface area contributed by atoms with Crippen LogP contribution in [0.4, 0.5) is 4.39 Å². The molecule has 3 N–H and O–H groups in total. The van der Waals surface area contributed by atoms with Crippen molar-refractivity contribution in [2.75, 3.05) is 6.54 Å². The number of hydrogen-bond donors (Lipinski definition) is 2. The van der Waals surface area contributed by atoms with Gasteiger partial charge in [-0.2, -0.15) is 0 Å². The predicted octanol–water partition coefficient (Wildman–Crippen LogP) is 2.29. The van der Waals surface area contributed by atoms with Gasteiger partial charge in [0.25, 0.3) is 0 Å². The first-order valence-electron chi connectivity index (χ1n) is 7.44. The largest absolute Gasteiger partial charge is 0.490 e. The Bertz CT molecular complexity index is 517. The number of halogens is 1. The fraction of sp³-hybridized carbons (Fsp3) is 0.562. The number of hydrogen-bond acceptors (Lipinski definition) is 3. The van der Waals surface area contributed by atoms with Crippen LogP contribution >= 0.6 is 0 Å². The highest BCUT2D eigenvalue weighted by molar-refractivity contribution is 5.84. The Morgan fingerprint density at radius 3 is 2.95 bits per heavy atom. The van der Waals surface area contributed by atoms with Crippen LogP contribution in [-0.2, 0) is 4.79 Å². The van der Waals surface area contributed by atoms with Gasteiger partial charge >= 0.3 is 0 Å². The highest BCUT2D eigenvalue weighted by atomic mass is 19.1. The van der Waals surface area contributed by atoms with Crippen LogP contribution in [0.25, 0.3) is 0 Å². The minimum atomic E-state index is -0.689. The van der Waals surface area contributed by atoms with Gasteiger partial charge in [0.2, 0.25) is 5.91 Å². The molecule has 1 aliphatic carbocycles. The molecule has 1 amide bonds. The minimum absolute atomic E-state index is 0.0885. The number of amides is 1. The molecular formula is C16H23FN2O2. The van der Waals surface area contributed by atoms with E-state index in [1.165, 1.54) is 12.1 Å². The fourth-order valence-corrected chi connectivity index (χ4v) is 3.06. The second kappa shape index (κ2) is 6.43. The molecule has 1 aromatic rings. The summed E-state index contributed by atoms with van der Waals surface area (Å²) in [5, 5.41) is 3.22. The molecule has 116 valence electrons. The number of primary amides is 1. The van der Waals surface area contributed by atoms with Crippen LogP contribution in [0, 0.1) is 12.7 Å². The molecule has 1 saturated carbocycles. The lowest BCUT2D eigenvalue weighted by molar-refractivity contribution is -0.127. The van der Waals surface area contributed by atoms with Gasteiger partial charge in [0.05, 0.1) is 0 Å². The number of aryl methyl sites for hydroxylation is 1. The number of nitrogens with two attached hydrogens (primary N) is 1. The van der Waals surface area contributed by atoms with Crippen molar-refractivity contribution in [1.82, 2.24) is 5.32 Å². The van der Waals surface area contributed by atoms with Crippen LogP contribution in [0.15, 0.2) is 18.2 Å². The average molecular weight is 294 g/mol. The standard InChI is InChI=1S/C16H23FN2O2/c1-3-19-16(15(18)20)8-4-5-13(10-16)21-14-7-6-12(17)9-11(14)2/h6-7,9,13,19H,3-5,8,10H2,1-2H3,(H2,18,20). The molecule has 0 heterocycles. The van der Waals surface area contributed by atoms with Gasteiger partial charge in [-0.15, -0.1) is 0 Å². The van der Waals surface area contributed by atoms with Crippen LogP contribution in [0.2, 0.25) is 0 Å². The maximum absolute atomic E-state index is 13.1. The van der Waals surface area contributed by atoms with E-state index in [2.05, 4.69) is 5.32 Å². The molecular weight excluding hydrogens is 271 g/mol. The molecule has 21 heavy (non-hydrogen) atoms. The quantitative estimate of drug-likeness (QED) is 0.875. The third-order valence-electron chi connectivity index (χ3n) is 4.12. The average Bonchev–Trinajstić information content (AvgIpc) is 2.42. The zero-order valence-electron chi connectivity index (χ0n) is 12.6. The van der Waals surface area contributed by atoms with Crippen molar-refractivity contribution >= 4 is 5.91 Å². The summed E-state index contributed by atoms with van der Waals surface area (Å²) in [7, 11) is 0. The molecule has 0 bridgehead atoms. The molecule has 1 aliphatic rings. The summed E-state index contributed by atoms with van der Waals surface area (Å²) in [5.74, 6) is 0.0641. The molecule has 0 saturated heterocycles. The molecule has 4 nitrogen and oxygen atoms in total. The van der Waals surface area contributed by atoms with E-state index >= 15 is 0 Å². The number of rotatable bonds is 5. The SMILES string of the molecule is CCNC1(C(N)=O)CCCC(Oc2ccc(F)cc2C)C1. The highest BCUT2D eigenvalue weighted by Crippen LogP contribution is 2.32. The lowest BCUT2D eigenvalue weighted by atomic mass is 9.79. The Morgan fingerprint density at radius 2 is 2.33 bits per heavy atom. The van der Waals surface area contributed by atoms with Crippen LogP contribution in [0.5, 0.6) is 5.75 Å². The molecule has 2 unspecified atom stereocenters. The van der Waals surface area contributed by atoms with E-state index in [-0.39, 0.29) is 17.8 Å². The molecule has 5 heteroatoms. The van der Waals surface area contributed by atoms with Crippen LogP contribution in [-0.4, -0.2) is 24.1 Å². The number of carbonyl (C=O) groups excluding carboxylic acids is 1. The van der Waals surface area contributed by atoms with Crippen molar-refractivity contribution in [1.29, 1.82) is 0 Å². The molecule has 0 spiro atoms. The zero-order valence-corrected chi connectivity index (χ0v) is 12.6. The van der Waals surface area contributed by atoms with Gasteiger partial charge in [0.15, 0.2) is 0 Å². The second-order valence-corrected chi connectivity index (χ2v) is 5.72. The van der Waals surface area contributed by atoms with Crippen molar-refractivity contribution in [3.8, 4) is 5.75 Å².